The van der Waals surface area contributed by atoms with Gasteiger partial charge in [-0.2, -0.15) is 4.98 Å². The number of ether oxygens (including phenoxy) is 1. The van der Waals surface area contributed by atoms with Crippen molar-refractivity contribution in [3.05, 3.63) is 37.1 Å². The van der Waals surface area contributed by atoms with E-state index in [2.05, 4.69) is 25.4 Å². The molecule has 144 valence electrons. The Kier molecular flexibility index (Phi) is 3.68. The first-order valence-electron chi connectivity index (χ1n) is 8.89. The van der Waals surface area contributed by atoms with Crippen molar-refractivity contribution in [3.63, 3.8) is 0 Å². The number of hydrogen-bond donors (Lipinski definition) is 1. The van der Waals surface area contributed by atoms with Crippen molar-refractivity contribution in [3.8, 4) is 17.0 Å². The summed E-state index contributed by atoms with van der Waals surface area (Å²) in [5.41, 5.74) is 2.37. The van der Waals surface area contributed by atoms with Gasteiger partial charge in [0.15, 0.2) is 0 Å². The molecule has 0 spiro atoms. The molecule has 4 aromatic rings. The largest absolute Gasteiger partial charge is 0.479 e. The average molecular weight is 385 g/mol. The Morgan fingerprint density at radius 2 is 2.18 bits per heavy atom. The van der Waals surface area contributed by atoms with Crippen molar-refractivity contribution >= 4 is 17.2 Å². The van der Waals surface area contributed by atoms with Gasteiger partial charge in [-0.3, -0.25) is 4.40 Å². The molecule has 0 saturated heterocycles. The Morgan fingerprint density at radius 3 is 2.96 bits per heavy atom. The van der Waals surface area contributed by atoms with Crippen LogP contribution in [0.5, 0.6) is 5.88 Å². The predicted octanol–water partition coefficient (Wildman–Crippen LogP) is 3.05. The summed E-state index contributed by atoms with van der Waals surface area (Å²) in [6.07, 6.45) is 8.95. The van der Waals surface area contributed by atoms with Gasteiger partial charge in [0.1, 0.15) is 5.52 Å². The lowest BCUT2D eigenvalue weighted by Crippen LogP contribution is -2.21. The minimum atomic E-state index is -2.63. The van der Waals surface area contributed by atoms with Crippen molar-refractivity contribution in [2.45, 2.75) is 31.2 Å². The molecule has 4 aromatic heterocycles. The van der Waals surface area contributed by atoms with E-state index in [1.54, 1.807) is 23.1 Å². The number of hydrogen-bond acceptors (Lipinski definition) is 6. The molecule has 28 heavy (non-hydrogen) atoms. The maximum Gasteiger partial charge on any atom is 0.250 e. The molecule has 1 aliphatic carbocycles. The van der Waals surface area contributed by atoms with Gasteiger partial charge in [-0.15, -0.1) is 5.10 Å². The quantitative estimate of drug-likeness (QED) is 0.582. The van der Waals surface area contributed by atoms with E-state index >= 15 is 0 Å². The van der Waals surface area contributed by atoms with E-state index in [0.717, 1.165) is 11.1 Å². The fourth-order valence-electron chi connectivity index (χ4n) is 3.64. The molecule has 1 unspecified atom stereocenters. The summed E-state index contributed by atoms with van der Waals surface area (Å²) in [7, 11) is 1.52. The Labute approximate surface area is 158 Å². The van der Waals surface area contributed by atoms with E-state index in [-0.39, 0.29) is 24.8 Å². The van der Waals surface area contributed by atoms with Crippen LogP contribution in [-0.2, 0) is 0 Å². The lowest BCUT2D eigenvalue weighted by molar-refractivity contribution is 0.00851. The smallest absolute Gasteiger partial charge is 0.250 e. The normalized spacial score (nSPS) is 18.8. The summed E-state index contributed by atoms with van der Waals surface area (Å²) in [5.74, 6) is -1.41. The summed E-state index contributed by atoms with van der Waals surface area (Å²) < 4.78 is 35.8. The number of nitrogens with one attached hydrogen (secondary N) is 1. The summed E-state index contributed by atoms with van der Waals surface area (Å²) in [4.78, 5) is 12.9. The highest BCUT2D eigenvalue weighted by Gasteiger charge is 2.39. The van der Waals surface area contributed by atoms with Crippen LogP contribution in [0, 0.1) is 0 Å². The highest BCUT2D eigenvalue weighted by Crippen LogP contribution is 2.36. The first kappa shape index (κ1) is 16.8. The SMILES string of the molecule is COc1nc(NC2CCC(F)(F)C2)nn2ccc(-c3cnc4nccn4c3)c12. The summed E-state index contributed by atoms with van der Waals surface area (Å²) in [6, 6.07) is 1.53. The fraction of sp³-hybridized carbons (Fsp3) is 0.333. The Balaban J connectivity index is 1.54. The molecular formula is C18H17F2N7O. The van der Waals surface area contributed by atoms with Crippen LogP contribution in [0.3, 0.4) is 0 Å². The molecule has 1 N–H and O–H groups in total. The van der Waals surface area contributed by atoms with Crippen molar-refractivity contribution in [1.82, 2.24) is 29.0 Å². The number of halogens is 2. The van der Waals surface area contributed by atoms with E-state index in [0.29, 0.717) is 23.6 Å². The second kappa shape index (κ2) is 6.11. The molecule has 0 aromatic carbocycles. The zero-order valence-corrected chi connectivity index (χ0v) is 15.0. The fourth-order valence-corrected chi connectivity index (χ4v) is 3.64. The molecule has 1 aliphatic rings. The van der Waals surface area contributed by atoms with Crippen LogP contribution in [-0.4, -0.2) is 48.0 Å². The molecule has 0 amide bonds. The van der Waals surface area contributed by atoms with Gasteiger partial charge < -0.3 is 10.1 Å². The predicted molar refractivity (Wildman–Crippen MR) is 97.7 cm³/mol. The molecule has 4 heterocycles. The molecule has 10 heteroatoms. The Bertz CT molecular complexity index is 1170. The van der Waals surface area contributed by atoms with Crippen LogP contribution < -0.4 is 10.1 Å². The topological polar surface area (TPSA) is 81.6 Å². The zero-order valence-electron chi connectivity index (χ0n) is 15.0. The standard InChI is InChI=1S/C18H17F2N7O/c1-28-15-14-13(11-9-22-17-21-5-7-26(17)10-11)3-6-27(14)25-16(24-15)23-12-2-4-18(19,20)8-12/h3,5-7,9-10,12H,2,4,8H2,1H3,(H,23,25). The average Bonchev–Trinajstić information content (AvgIpc) is 3.38. The van der Waals surface area contributed by atoms with Gasteiger partial charge in [-0.25, -0.2) is 23.3 Å². The second-order valence-electron chi connectivity index (χ2n) is 6.88. The number of rotatable bonds is 4. The molecule has 0 radical (unpaired) electrons. The van der Waals surface area contributed by atoms with Crippen LogP contribution in [0.25, 0.3) is 22.4 Å². The second-order valence-corrected chi connectivity index (χ2v) is 6.88. The minimum absolute atomic E-state index is 0.124. The van der Waals surface area contributed by atoms with Gasteiger partial charge in [0.25, 0.3) is 0 Å². The molecule has 0 bridgehead atoms. The molecular weight excluding hydrogens is 368 g/mol. The minimum Gasteiger partial charge on any atom is -0.479 e. The molecule has 8 nitrogen and oxygen atoms in total. The molecule has 5 rings (SSSR count). The van der Waals surface area contributed by atoms with Gasteiger partial charge in [0.05, 0.1) is 7.11 Å². The first-order valence-corrected chi connectivity index (χ1v) is 8.89. The monoisotopic (exact) mass is 385 g/mol. The van der Waals surface area contributed by atoms with E-state index in [1.807, 2.05) is 22.9 Å². The first-order chi connectivity index (χ1) is 13.5. The number of nitrogens with zero attached hydrogens (tertiary/aromatic N) is 6. The van der Waals surface area contributed by atoms with Crippen LogP contribution in [0.1, 0.15) is 19.3 Å². The van der Waals surface area contributed by atoms with Crippen molar-refractivity contribution in [2.24, 2.45) is 0 Å². The van der Waals surface area contributed by atoms with Crippen molar-refractivity contribution < 1.29 is 13.5 Å². The third-order valence-electron chi connectivity index (χ3n) is 4.97. The van der Waals surface area contributed by atoms with E-state index in [4.69, 9.17) is 4.74 Å². The summed E-state index contributed by atoms with van der Waals surface area (Å²) in [6.45, 7) is 0. The van der Waals surface area contributed by atoms with Gasteiger partial charge in [-0.1, -0.05) is 0 Å². The maximum atomic E-state index is 13.5. The summed E-state index contributed by atoms with van der Waals surface area (Å²) >= 11 is 0. The van der Waals surface area contributed by atoms with Crippen molar-refractivity contribution in [2.75, 3.05) is 12.4 Å². The Hall–Kier alpha value is -3.30. The van der Waals surface area contributed by atoms with Gasteiger partial charge >= 0.3 is 0 Å². The molecule has 1 fully saturated rings. The number of methoxy groups -OCH3 is 1. The van der Waals surface area contributed by atoms with Crippen LogP contribution in [0.15, 0.2) is 37.1 Å². The zero-order chi connectivity index (χ0) is 19.3. The lowest BCUT2D eigenvalue weighted by Gasteiger charge is -2.14. The summed E-state index contributed by atoms with van der Waals surface area (Å²) in [5, 5.41) is 7.43. The van der Waals surface area contributed by atoms with Gasteiger partial charge in [0, 0.05) is 61.0 Å². The Morgan fingerprint density at radius 1 is 1.29 bits per heavy atom. The molecule has 0 aliphatic heterocycles. The van der Waals surface area contributed by atoms with Crippen LogP contribution in [0.4, 0.5) is 14.7 Å². The number of anilines is 1. The van der Waals surface area contributed by atoms with Gasteiger partial charge in [-0.05, 0) is 12.5 Å². The maximum absolute atomic E-state index is 13.5. The van der Waals surface area contributed by atoms with Crippen LogP contribution >= 0.6 is 0 Å². The number of fused-ring (bicyclic) bond motifs is 2. The van der Waals surface area contributed by atoms with Crippen molar-refractivity contribution in [1.29, 1.82) is 0 Å². The van der Waals surface area contributed by atoms with E-state index in [9.17, 15) is 8.78 Å². The highest BCUT2D eigenvalue weighted by molar-refractivity contribution is 5.84. The number of imidazole rings is 1. The van der Waals surface area contributed by atoms with E-state index < -0.39 is 5.92 Å². The van der Waals surface area contributed by atoms with E-state index in [1.165, 1.54) is 7.11 Å². The van der Waals surface area contributed by atoms with Crippen LogP contribution in [0.2, 0.25) is 0 Å². The molecule has 1 saturated carbocycles. The highest BCUT2D eigenvalue weighted by atomic mass is 19.3. The lowest BCUT2D eigenvalue weighted by atomic mass is 10.1. The molecule has 1 atom stereocenters. The third-order valence-corrected chi connectivity index (χ3v) is 4.97. The van der Waals surface area contributed by atoms with Gasteiger partial charge in [0.2, 0.25) is 23.5 Å². The third kappa shape index (κ3) is 2.81. The number of aromatic nitrogens is 6. The number of alkyl halides is 2.